The van der Waals surface area contributed by atoms with Crippen LogP contribution < -0.4 is 0 Å². The van der Waals surface area contributed by atoms with Crippen LogP contribution in [0.1, 0.15) is 17.4 Å². The van der Waals surface area contributed by atoms with Crippen molar-refractivity contribution in [3.63, 3.8) is 0 Å². The van der Waals surface area contributed by atoms with E-state index in [1.165, 1.54) is 0 Å². The second-order valence-electron chi connectivity index (χ2n) is 4.16. The topological polar surface area (TPSA) is 34.4 Å². The van der Waals surface area contributed by atoms with Gasteiger partial charge in [0.2, 0.25) is 0 Å². The Bertz CT molecular complexity index is 714. The maximum absolute atomic E-state index is 11.7. The van der Waals surface area contributed by atoms with E-state index in [1.54, 1.807) is 6.92 Å². The summed E-state index contributed by atoms with van der Waals surface area (Å²) in [6, 6.07) is 15.6. The minimum atomic E-state index is -0.0162. The molecule has 3 rings (SSSR count). The van der Waals surface area contributed by atoms with Crippen molar-refractivity contribution in [2.24, 2.45) is 0 Å². The van der Waals surface area contributed by atoms with Gasteiger partial charge in [0.1, 0.15) is 11.3 Å². The van der Waals surface area contributed by atoms with Crippen LogP contribution in [0.3, 0.4) is 0 Å². The molecule has 18 heavy (non-hydrogen) atoms. The smallest absolute Gasteiger partial charge is 0.180 e. The lowest BCUT2D eigenvalue weighted by Crippen LogP contribution is -1.96. The molecule has 0 aliphatic rings. The van der Waals surface area contributed by atoms with Crippen molar-refractivity contribution in [1.82, 2.24) is 9.38 Å². The molecular weight excluding hydrogens is 224 g/mol. The number of fused-ring (bicyclic) bond motifs is 1. The van der Waals surface area contributed by atoms with E-state index in [2.05, 4.69) is 4.98 Å². The van der Waals surface area contributed by atoms with E-state index >= 15 is 0 Å². The number of rotatable bonds is 2. The predicted molar refractivity (Wildman–Crippen MR) is 70.6 cm³/mol. The maximum atomic E-state index is 11.7. The normalized spacial score (nSPS) is 10.7. The van der Waals surface area contributed by atoms with Gasteiger partial charge in [0.15, 0.2) is 5.78 Å². The number of hydrogen-bond donors (Lipinski definition) is 0. The van der Waals surface area contributed by atoms with Gasteiger partial charge in [-0.05, 0) is 12.1 Å². The number of nitrogens with zero attached hydrogens (tertiary/aromatic N) is 2. The van der Waals surface area contributed by atoms with Crippen molar-refractivity contribution in [3.8, 4) is 11.3 Å². The van der Waals surface area contributed by atoms with Gasteiger partial charge in [-0.25, -0.2) is 4.98 Å². The van der Waals surface area contributed by atoms with Crippen LogP contribution in [-0.2, 0) is 0 Å². The quantitative estimate of drug-likeness (QED) is 0.640. The standard InChI is InChI=1S/C15H12N2O/c1-11(18)14-15(12-7-3-2-4-8-12)17-10-6-5-9-13(17)16-14/h2-10H,1H3. The fourth-order valence-corrected chi connectivity index (χ4v) is 2.11. The third kappa shape index (κ3) is 1.61. The van der Waals surface area contributed by atoms with Crippen molar-refractivity contribution < 1.29 is 4.79 Å². The highest BCUT2D eigenvalue weighted by atomic mass is 16.1. The Hall–Kier alpha value is -2.42. The SMILES string of the molecule is CC(=O)c1nc2ccccn2c1-c1ccccc1. The van der Waals surface area contributed by atoms with Gasteiger partial charge in [-0.15, -0.1) is 0 Å². The summed E-state index contributed by atoms with van der Waals surface area (Å²) >= 11 is 0. The Labute approximate surface area is 105 Å². The molecule has 3 aromatic rings. The predicted octanol–water partition coefficient (Wildman–Crippen LogP) is 3.20. The molecule has 0 aliphatic carbocycles. The van der Waals surface area contributed by atoms with Crippen LogP contribution in [0.4, 0.5) is 0 Å². The Balaban J connectivity index is 2.38. The van der Waals surface area contributed by atoms with E-state index in [4.69, 9.17) is 0 Å². The van der Waals surface area contributed by atoms with E-state index in [0.29, 0.717) is 5.69 Å². The number of carbonyl (C=O) groups excluding carboxylic acids is 1. The molecule has 0 spiro atoms. The van der Waals surface area contributed by atoms with Crippen molar-refractivity contribution in [3.05, 3.63) is 60.4 Å². The summed E-state index contributed by atoms with van der Waals surface area (Å²) in [5.41, 5.74) is 3.18. The molecule has 2 heterocycles. The molecule has 0 saturated carbocycles. The van der Waals surface area contributed by atoms with Crippen molar-refractivity contribution in [2.75, 3.05) is 0 Å². The first-order valence-corrected chi connectivity index (χ1v) is 5.81. The van der Waals surface area contributed by atoms with Gasteiger partial charge in [0.05, 0.1) is 5.69 Å². The van der Waals surface area contributed by atoms with Crippen LogP contribution in [0.5, 0.6) is 0 Å². The number of hydrogen-bond acceptors (Lipinski definition) is 2. The first-order chi connectivity index (χ1) is 8.77. The molecule has 0 saturated heterocycles. The van der Waals surface area contributed by atoms with Gasteiger partial charge < -0.3 is 0 Å². The van der Waals surface area contributed by atoms with Gasteiger partial charge in [-0.2, -0.15) is 0 Å². The minimum absolute atomic E-state index is 0.0162. The molecule has 0 bridgehead atoms. The molecule has 0 atom stereocenters. The lowest BCUT2D eigenvalue weighted by Gasteiger charge is -2.03. The fourth-order valence-electron chi connectivity index (χ4n) is 2.11. The number of benzene rings is 1. The maximum Gasteiger partial charge on any atom is 0.180 e. The average molecular weight is 236 g/mol. The third-order valence-corrected chi connectivity index (χ3v) is 2.91. The highest BCUT2D eigenvalue weighted by Gasteiger charge is 2.16. The zero-order chi connectivity index (χ0) is 12.5. The molecule has 3 nitrogen and oxygen atoms in total. The number of ketones is 1. The molecule has 2 aromatic heterocycles. The zero-order valence-corrected chi connectivity index (χ0v) is 10.00. The van der Waals surface area contributed by atoms with Crippen LogP contribution >= 0.6 is 0 Å². The van der Waals surface area contributed by atoms with Gasteiger partial charge in [0, 0.05) is 18.7 Å². The first kappa shape index (κ1) is 10.7. The Kier molecular flexibility index (Phi) is 2.45. The molecule has 88 valence electrons. The van der Waals surface area contributed by atoms with Crippen LogP contribution in [0.2, 0.25) is 0 Å². The van der Waals surface area contributed by atoms with Crippen molar-refractivity contribution in [2.45, 2.75) is 6.92 Å². The number of Topliss-reactive ketones (excluding diaryl/α,β-unsaturated/α-hetero) is 1. The number of aromatic nitrogens is 2. The summed E-state index contributed by atoms with van der Waals surface area (Å²) in [5.74, 6) is -0.0162. The van der Waals surface area contributed by atoms with Gasteiger partial charge in [-0.1, -0.05) is 36.4 Å². The minimum Gasteiger partial charge on any atom is -0.299 e. The molecule has 0 radical (unpaired) electrons. The first-order valence-electron chi connectivity index (χ1n) is 5.81. The molecule has 0 aliphatic heterocycles. The summed E-state index contributed by atoms with van der Waals surface area (Å²) in [6.07, 6.45) is 1.93. The lowest BCUT2D eigenvalue weighted by atomic mass is 10.1. The van der Waals surface area contributed by atoms with Crippen molar-refractivity contribution in [1.29, 1.82) is 0 Å². The molecular formula is C15H12N2O. The van der Waals surface area contributed by atoms with Crippen molar-refractivity contribution >= 4 is 11.4 Å². The zero-order valence-electron chi connectivity index (χ0n) is 10.00. The summed E-state index contributed by atoms with van der Waals surface area (Å²) < 4.78 is 1.95. The van der Waals surface area contributed by atoms with Gasteiger partial charge in [-0.3, -0.25) is 9.20 Å². The largest absolute Gasteiger partial charge is 0.299 e. The highest BCUT2D eigenvalue weighted by Crippen LogP contribution is 2.25. The Morgan fingerprint density at radius 3 is 2.50 bits per heavy atom. The number of pyridine rings is 1. The van der Waals surface area contributed by atoms with E-state index in [-0.39, 0.29) is 5.78 Å². The molecule has 0 unspecified atom stereocenters. The van der Waals surface area contributed by atoms with Crippen LogP contribution in [0.25, 0.3) is 16.9 Å². The Morgan fingerprint density at radius 1 is 1.06 bits per heavy atom. The number of carbonyl (C=O) groups is 1. The van der Waals surface area contributed by atoms with Crippen LogP contribution in [-0.4, -0.2) is 15.2 Å². The van der Waals surface area contributed by atoms with Crippen LogP contribution in [0.15, 0.2) is 54.7 Å². The molecule has 1 aromatic carbocycles. The lowest BCUT2D eigenvalue weighted by molar-refractivity contribution is 0.101. The molecule has 0 amide bonds. The Morgan fingerprint density at radius 2 is 1.78 bits per heavy atom. The van der Waals surface area contributed by atoms with Gasteiger partial charge in [0.25, 0.3) is 0 Å². The summed E-state index contributed by atoms with van der Waals surface area (Å²) in [4.78, 5) is 16.1. The van der Waals surface area contributed by atoms with E-state index in [1.807, 2.05) is 59.1 Å². The van der Waals surface area contributed by atoms with E-state index in [9.17, 15) is 4.79 Å². The molecule has 0 fully saturated rings. The van der Waals surface area contributed by atoms with Gasteiger partial charge >= 0.3 is 0 Å². The number of imidazole rings is 1. The second kappa shape index (κ2) is 4.11. The third-order valence-electron chi connectivity index (χ3n) is 2.91. The average Bonchev–Trinajstić information content (AvgIpc) is 2.79. The highest BCUT2D eigenvalue weighted by molar-refractivity contribution is 5.99. The second-order valence-corrected chi connectivity index (χ2v) is 4.16. The summed E-state index contributed by atoms with van der Waals surface area (Å²) in [6.45, 7) is 1.55. The fraction of sp³-hybridized carbons (Fsp3) is 0.0667. The summed E-state index contributed by atoms with van der Waals surface area (Å²) in [7, 11) is 0. The van der Waals surface area contributed by atoms with Crippen LogP contribution in [0, 0.1) is 0 Å². The summed E-state index contributed by atoms with van der Waals surface area (Å²) in [5, 5.41) is 0. The van der Waals surface area contributed by atoms with E-state index in [0.717, 1.165) is 16.9 Å². The molecule has 3 heteroatoms. The molecule has 0 N–H and O–H groups in total. The van der Waals surface area contributed by atoms with E-state index < -0.39 is 0 Å². The monoisotopic (exact) mass is 236 g/mol.